The molecule has 0 spiro atoms. The van der Waals surface area contributed by atoms with E-state index in [2.05, 4.69) is 44.6 Å². The zero-order chi connectivity index (χ0) is 22.2. The van der Waals surface area contributed by atoms with Crippen LogP contribution in [0.3, 0.4) is 0 Å². The summed E-state index contributed by atoms with van der Waals surface area (Å²) in [5.41, 5.74) is 5.14. The lowest BCUT2D eigenvalue weighted by molar-refractivity contribution is 0.0343. The van der Waals surface area contributed by atoms with Gasteiger partial charge in [0, 0.05) is 55.8 Å². The molecule has 5 rings (SSSR count). The molecule has 1 saturated heterocycles. The number of ether oxygens (including phenoxy) is 1. The molecule has 0 aliphatic carbocycles. The molecule has 4 heterocycles. The van der Waals surface area contributed by atoms with Crippen molar-refractivity contribution in [1.82, 2.24) is 24.5 Å². The van der Waals surface area contributed by atoms with E-state index in [1.807, 2.05) is 55.0 Å². The number of morpholine rings is 1. The molecule has 1 aromatic carbocycles. The number of aromatic nitrogens is 4. The summed E-state index contributed by atoms with van der Waals surface area (Å²) >= 11 is 0. The van der Waals surface area contributed by atoms with Gasteiger partial charge in [0.2, 0.25) is 0 Å². The normalized spacial score (nSPS) is 14.1. The SMILES string of the molecule is CC.c1ccc(-c2cc(NCc3cccnc3)n3ncc(CN4CCOCC4)c3n2)cc1. The molecule has 1 fully saturated rings. The summed E-state index contributed by atoms with van der Waals surface area (Å²) < 4.78 is 7.38. The van der Waals surface area contributed by atoms with Gasteiger partial charge in [-0.3, -0.25) is 9.88 Å². The number of pyridine rings is 1. The highest BCUT2D eigenvalue weighted by Crippen LogP contribution is 2.25. The molecule has 1 aliphatic heterocycles. The molecule has 32 heavy (non-hydrogen) atoms. The van der Waals surface area contributed by atoms with Crippen LogP contribution < -0.4 is 5.32 Å². The van der Waals surface area contributed by atoms with Crippen molar-refractivity contribution in [3.05, 3.63) is 78.2 Å². The first-order chi connectivity index (χ1) is 15.9. The second kappa shape index (κ2) is 10.8. The highest BCUT2D eigenvalue weighted by atomic mass is 16.5. The summed E-state index contributed by atoms with van der Waals surface area (Å²) in [7, 11) is 0. The van der Waals surface area contributed by atoms with Gasteiger partial charge < -0.3 is 10.1 Å². The molecule has 0 radical (unpaired) electrons. The van der Waals surface area contributed by atoms with Crippen molar-refractivity contribution in [2.45, 2.75) is 26.9 Å². The third-order valence-corrected chi connectivity index (χ3v) is 5.31. The van der Waals surface area contributed by atoms with E-state index in [1.54, 1.807) is 6.20 Å². The summed E-state index contributed by atoms with van der Waals surface area (Å²) in [6.45, 7) is 8.91. The summed E-state index contributed by atoms with van der Waals surface area (Å²) in [4.78, 5) is 11.6. The van der Waals surface area contributed by atoms with Gasteiger partial charge in [0.1, 0.15) is 5.82 Å². The Kier molecular flexibility index (Phi) is 7.42. The molecule has 1 N–H and O–H groups in total. The zero-order valence-electron chi connectivity index (χ0n) is 18.7. The molecular weight excluding hydrogens is 400 g/mol. The average molecular weight is 431 g/mol. The van der Waals surface area contributed by atoms with Crippen molar-refractivity contribution in [2.75, 3.05) is 31.6 Å². The zero-order valence-corrected chi connectivity index (χ0v) is 18.7. The van der Waals surface area contributed by atoms with Gasteiger partial charge in [-0.15, -0.1) is 0 Å². The first-order valence-corrected chi connectivity index (χ1v) is 11.2. The average Bonchev–Trinajstić information content (AvgIpc) is 3.28. The van der Waals surface area contributed by atoms with Gasteiger partial charge >= 0.3 is 0 Å². The number of anilines is 1. The number of fused-ring (bicyclic) bond motifs is 1. The Morgan fingerprint density at radius 3 is 2.56 bits per heavy atom. The van der Waals surface area contributed by atoms with E-state index in [1.165, 1.54) is 0 Å². The fourth-order valence-electron chi connectivity index (χ4n) is 3.70. The fraction of sp³-hybridized carbons (Fsp3) is 0.320. The van der Waals surface area contributed by atoms with Gasteiger partial charge in [-0.25, -0.2) is 4.98 Å². The molecule has 0 saturated carbocycles. The predicted molar refractivity (Wildman–Crippen MR) is 127 cm³/mol. The summed E-state index contributed by atoms with van der Waals surface area (Å²) in [5.74, 6) is 0.913. The lowest BCUT2D eigenvalue weighted by Gasteiger charge is -2.26. The van der Waals surface area contributed by atoms with E-state index in [4.69, 9.17) is 9.72 Å². The Morgan fingerprint density at radius 2 is 1.81 bits per heavy atom. The van der Waals surface area contributed by atoms with E-state index in [0.29, 0.717) is 6.54 Å². The molecular formula is C25H30N6O. The Morgan fingerprint density at radius 1 is 1.00 bits per heavy atom. The van der Waals surface area contributed by atoms with Crippen LogP contribution in [0.15, 0.2) is 67.1 Å². The number of hydrogen-bond acceptors (Lipinski definition) is 6. The molecule has 1 aliphatic rings. The summed E-state index contributed by atoms with van der Waals surface area (Å²) in [5, 5.41) is 8.17. The Labute approximate surface area is 189 Å². The van der Waals surface area contributed by atoms with E-state index in [-0.39, 0.29) is 0 Å². The van der Waals surface area contributed by atoms with Gasteiger partial charge in [0.05, 0.1) is 25.1 Å². The Balaban J connectivity index is 0.00000119. The van der Waals surface area contributed by atoms with Crippen LogP contribution in [0.5, 0.6) is 0 Å². The number of hydrogen-bond donors (Lipinski definition) is 1. The van der Waals surface area contributed by atoms with Crippen LogP contribution in [0.25, 0.3) is 16.9 Å². The van der Waals surface area contributed by atoms with Crippen LogP contribution in [0.1, 0.15) is 25.0 Å². The van der Waals surface area contributed by atoms with Gasteiger partial charge in [-0.1, -0.05) is 50.2 Å². The molecule has 4 aromatic rings. The minimum atomic E-state index is 0.667. The topological polar surface area (TPSA) is 67.6 Å². The van der Waals surface area contributed by atoms with Gasteiger partial charge in [-0.2, -0.15) is 9.61 Å². The lowest BCUT2D eigenvalue weighted by Crippen LogP contribution is -2.35. The third kappa shape index (κ3) is 5.12. The molecule has 3 aromatic heterocycles. The van der Waals surface area contributed by atoms with Crippen molar-refractivity contribution < 1.29 is 4.74 Å². The fourth-order valence-corrected chi connectivity index (χ4v) is 3.70. The van der Waals surface area contributed by atoms with Gasteiger partial charge in [0.15, 0.2) is 5.65 Å². The van der Waals surface area contributed by atoms with Crippen molar-refractivity contribution in [3.63, 3.8) is 0 Å². The minimum absolute atomic E-state index is 0.667. The number of rotatable bonds is 6. The maximum atomic E-state index is 5.48. The number of nitrogens with zero attached hydrogens (tertiary/aromatic N) is 5. The quantitative estimate of drug-likeness (QED) is 0.493. The predicted octanol–water partition coefficient (Wildman–Crippen LogP) is 4.26. The van der Waals surface area contributed by atoms with Crippen molar-refractivity contribution in [3.8, 4) is 11.3 Å². The van der Waals surface area contributed by atoms with Crippen molar-refractivity contribution in [2.24, 2.45) is 0 Å². The van der Waals surface area contributed by atoms with Gasteiger partial charge in [-0.05, 0) is 11.6 Å². The Hall–Kier alpha value is -3.29. The maximum Gasteiger partial charge on any atom is 0.162 e. The van der Waals surface area contributed by atoms with Crippen LogP contribution in [0, 0.1) is 0 Å². The van der Waals surface area contributed by atoms with Crippen LogP contribution in [0.2, 0.25) is 0 Å². The van der Waals surface area contributed by atoms with Crippen LogP contribution in [-0.4, -0.2) is 50.8 Å². The highest BCUT2D eigenvalue weighted by Gasteiger charge is 2.17. The van der Waals surface area contributed by atoms with Gasteiger partial charge in [0.25, 0.3) is 0 Å². The van der Waals surface area contributed by atoms with E-state index in [0.717, 1.165) is 66.7 Å². The van der Waals surface area contributed by atoms with Crippen molar-refractivity contribution in [1.29, 1.82) is 0 Å². The molecule has 7 heteroatoms. The molecule has 0 bridgehead atoms. The van der Waals surface area contributed by atoms with E-state index < -0.39 is 0 Å². The van der Waals surface area contributed by atoms with E-state index in [9.17, 15) is 0 Å². The molecule has 0 unspecified atom stereocenters. The van der Waals surface area contributed by atoms with Crippen LogP contribution in [0.4, 0.5) is 5.82 Å². The first kappa shape index (κ1) is 21.9. The standard InChI is InChI=1S/C23H24N6O.C2H6/c1-2-6-19(7-3-1)21-13-22(25-15-18-5-4-8-24-14-18)29-23(27-21)20(16-26-29)17-28-9-11-30-12-10-28;1-2/h1-8,13-14,16,25H,9-12,15,17H2;1-2H3. The molecule has 0 amide bonds. The Bertz CT molecular complexity index is 1110. The highest BCUT2D eigenvalue weighted by molar-refractivity contribution is 5.67. The molecule has 7 nitrogen and oxygen atoms in total. The number of benzene rings is 1. The second-order valence-corrected chi connectivity index (χ2v) is 7.40. The van der Waals surface area contributed by atoms with Crippen LogP contribution in [-0.2, 0) is 17.8 Å². The lowest BCUT2D eigenvalue weighted by atomic mass is 10.1. The smallest absolute Gasteiger partial charge is 0.162 e. The summed E-state index contributed by atoms with van der Waals surface area (Å²) in [6.07, 6.45) is 5.59. The van der Waals surface area contributed by atoms with Crippen LogP contribution >= 0.6 is 0 Å². The monoisotopic (exact) mass is 430 g/mol. The molecule has 166 valence electrons. The largest absolute Gasteiger partial charge is 0.379 e. The maximum absolute atomic E-state index is 5.48. The number of nitrogens with one attached hydrogen (secondary N) is 1. The summed E-state index contributed by atoms with van der Waals surface area (Å²) in [6, 6.07) is 16.3. The third-order valence-electron chi connectivity index (χ3n) is 5.31. The molecule has 0 atom stereocenters. The minimum Gasteiger partial charge on any atom is -0.379 e. The first-order valence-electron chi connectivity index (χ1n) is 11.2. The van der Waals surface area contributed by atoms with E-state index >= 15 is 0 Å². The second-order valence-electron chi connectivity index (χ2n) is 7.40. The van der Waals surface area contributed by atoms with Crippen molar-refractivity contribution >= 4 is 11.5 Å².